The van der Waals surface area contributed by atoms with Crippen LogP contribution in [-0.4, -0.2) is 106 Å². The molecule has 0 radical (unpaired) electrons. The van der Waals surface area contributed by atoms with Gasteiger partial charge in [-0.2, -0.15) is 0 Å². The van der Waals surface area contributed by atoms with E-state index < -0.39 is 73.4 Å². The van der Waals surface area contributed by atoms with Gasteiger partial charge in [0, 0.05) is 21.1 Å². The maximum absolute atomic E-state index is 12.8. The van der Waals surface area contributed by atoms with Gasteiger partial charge in [-0.25, -0.2) is 4.79 Å². The van der Waals surface area contributed by atoms with Gasteiger partial charge < -0.3 is 52.5 Å². The fourth-order valence-corrected chi connectivity index (χ4v) is 6.12. The van der Waals surface area contributed by atoms with Crippen molar-refractivity contribution >= 4 is 11.9 Å². The fraction of sp³-hybridized carbons (Fsp3) is 0.474. The van der Waals surface area contributed by atoms with Crippen molar-refractivity contribution in [3.05, 3.63) is 108 Å². The molecular weight excluding hydrogens is 664 g/mol. The molecule has 0 amide bonds. The zero-order valence-corrected chi connectivity index (χ0v) is 29.1. The molecule has 10 atom stereocenters. The Hall–Kier alpha value is -3.76. The van der Waals surface area contributed by atoms with E-state index in [9.17, 15) is 14.7 Å². The van der Waals surface area contributed by atoms with Gasteiger partial charge in [-0.05, 0) is 16.7 Å². The third kappa shape index (κ3) is 10.2. The lowest BCUT2D eigenvalue weighted by atomic mass is 9.96. The summed E-state index contributed by atoms with van der Waals surface area (Å²) >= 11 is 0. The molecule has 2 saturated heterocycles. The molecule has 51 heavy (non-hydrogen) atoms. The van der Waals surface area contributed by atoms with Gasteiger partial charge >= 0.3 is 11.9 Å². The van der Waals surface area contributed by atoms with Crippen molar-refractivity contribution < 1.29 is 62.1 Å². The van der Waals surface area contributed by atoms with Crippen LogP contribution < -0.4 is 0 Å². The number of ether oxygens (including phenoxy) is 10. The molecule has 0 aromatic heterocycles. The Morgan fingerprint density at radius 3 is 1.71 bits per heavy atom. The Bertz CT molecular complexity index is 1480. The second-order valence-corrected chi connectivity index (χ2v) is 12.1. The molecule has 13 heteroatoms. The number of esters is 2. The van der Waals surface area contributed by atoms with Gasteiger partial charge in [-0.3, -0.25) is 4.79 Å². The highest BCUT2D eigenvalue weighted by Gasteiger charge is 2.55. The first-order valence-corrected chi connectivity index (χ1v) is 16.7. The molecule has 3 aromatic rings. The van der Waals surface area contributed by atoms with Gasteiger partial charge in [0.1, 0.15) is 36.6 Å². The molecule has 3 aromatic carbocycles. The fourth-order valence-electron chi connectivity index (χ4n) is 6.12. The van der Waals surface area contributed by atoms with Crippen molar-refractivity contribution in [2.75, 3.05) is 27.9 Å². The van der Waals surface area contributed by atoms with Crippen molar-refractivity contribution in [1.29, 1.82) is 0 Å². The molecule has 13 nitrogen and oxygen atoms in total. The van der Waals surface area contributed by atoms with Crippen LogP contribution in [0.2, 0.25) is 0 Å². The summed E-state index contributed by atoms with van der Waals surface area (Å²) in [7, 11) is 3.98. The zero-order valence-electron chi connectivity index (χ0n) is 29.1. The quantitative estimate of drug-likeness (QED) is 0.217. The maximum atomic E-state index is 12.8. The summed E-state index contributed by atoms with van der Waals surface area (Å²) < 4.78 is 60.3. The van der Waals surface area contributed by atoms with Gasteiger partial charge in [0.05, 0.1) is 33.5 Å². The van der Waals surface area contributed by atoms with E-state index in [2.05, 4.69) is 0 Å². The van der Waals surface area contributed by atoms with E-state index in [1.165, 1.54) is 21.1 Å². The minimum atomic E-state index is -1.55. The number of aliphatic hydroxyl groups is 1. The van der Waals surface area contributed by atoms with Gasteiger partial charge in [-0.1, -0.05) is 91.0 Å². The second kappa shape index (κ2) is 19.2. The van der Waals surface area contributed by atoms with Crippen LogP contribution in [0.15, 0.2) is 91.0 Å². The monoisotopic (exact) mass is 710 g/mol. The Kier molecular flexibility index (Phi) is 14.5. The smallest absolute Gasteiger partial charge is 0.337 e. The first-order chi connectivity index (χ1) is 24.8. The van der Waals surface area contributed by atoms with E-state index in [1.54, 1.807) is 0 Å². The van der Waals surface area contributed by atoms with Crippen molar-refractivity contribution in [3.8, 4) is 0 Å². The summed E-state index contributed by atoms with van der Waals surface area (Å²) in [4.78, 5) is 25.1. The third-order valence-electron chi connectivity index (χ3n) is 8.61. The van der Waals surface area contributed by atoms with Crippen molar-refractivity contribution in [3.63, 3.8) is 0 Å². The lowest BCUT2D eigenvalue weighted by Crippen LogP contribution is -2.66. The Balaban J connectivity index is 1.51. The van der Waals surface area contributed by atoms with E-state index >= 15 is 0 Å². The largest absolute Gasteiger partial charge is 0.467 e. The van der Waals surface area contributed by atoms with E-state index in [4.69, 9.17) is 47.4 Å². The average Bonchev–Trinajstić information content (AvgIpc) is 3.15. The van der Waals surface area contributed by atoms with E-state index in [0.717, 1.165) is 23.8 Å². The average molecular weight is 711 g/mol. The number of aliphatic hydroxyl groups excluding tert-OH is 1. The standard InChI is InChI=1S/C38H46O13/c1-24(39)48-35-31(42-2)29(40)32(36(41)43-3)51-38(35)50-30-28(23-45-20-25-14-8-5-9-15-25)49-37(44-4)34(47-22-27-18-12-7-13-19-27)33(30)46-21-26-16-10-6-11-17-26/h5-19,28-35,37-38,40H,20-23H2,1-4H3/t28-,29+,30-,31+,32-,33+,34-,35-,37+,38-/m1/s1. The lowest BCUT2D eigenvalue weighted by Gasteiger charge is -2.48. The number of rotatable bonds is 16. The molecule has 2 fully saturated rings. The first-order valence-electron chi connectivity index (χ1n) is 16.7. The van der Waals surface area contributed by atoms with Gasteiger partial charge in [0.2, 0.25) is 0 Å². The summed E-state index contributed by atoms with van der Waals surface area (Å²) in [6.07, 6.45) is -11.7. The number of hydrogen-bond acceptors (Lipinski definition) is 13. The highest BCUT2D eigenvalue weighted by atomic mass is 16.8. The zero-order chi connectivity index (χ0) is 36.2. The van der Waals surface area contributed by atoms with E-state index in [-0.39, 0.29) is 26.4 Å². The number of methoxy groups -OCH3 is 3. The predicted octanol–water partition coefficient (Wildman–Crippen LogP) is 3.34. The van der Waals surface area contributed by atoms with Gasteiger partial charge in [-0.15, -0.1) is 0 Å². The summed E-state index contributed by atoms with van der Waals surface area (Å²) in [5.41, 5.74) is 2.73. The minimum Gasteiger partial charge on any atom is -0.467 e. The Morgan fingerprint density at radius 1 is 0.647 bits per heavy atom. The normalized spacial score (nSPS) is 29.3. The molecule has 0 bridgehead atoms. The number of carbonyl (C=O) groups excluding carboxylic acids is 2. The summed E-state index contributed by atoms with van der Waals surface area (Å²) in [5, 5.41) is 11.1. The van der Waals surface area contributed by atoms with Crippen LogP contribution >= 0.6 is 0 Å². The molecular formula is C38H46O13. The third-order valence-corrected chi connectivity index (χ3v) is 8.61. The number of hydrogen-bond donors (Lipinski definition) is 1. The Morgan fingerprint density at radius 2 is 1.20 bits per heavy atom. The molecule has 2 aliphatic heterocycles. The number of benzene rings is 3. The summed E-state index contributed by atoms with van der Waals surface area (Å²) in [5.74, 6) is -1.56. The highest BCUT2D eigenvalue weighted by molar-refractivity contribution is 5.75. The number of carbonyl (C=O) groups is 2. The van der Waals surface area contributed by atoms with Crippen LogP contribution in [0.1, 0.15) is 23.6 Å². The van der Waals surface area contributed by atoms with Crippen molar-refractivity contribution in [1.82, 2.24) is 0 Å². The Labute approximate surface area is 297 Å². The topological polar surface area (TPSA) is 147 Å². The van der Waals surface area contributed by atoms with Crippen LogP contribution in [-0.2, 0) is 76.8 Å². The molecule has 0 unspecified atom stereocenters. The second-order valence-electron chi connectivity index (χ2n) is 12.1. The summed E-state index contributed by atoms with van der Waals surface area (Å²) in [6, 6.07) is 28.8. The molecule has 2 aliphatic rings. The van der Waals surface area contributed by atoms with Crippen molar-refractivity contribution in [2.24, 2.45) is 0 Å². The van der Waals surface area contributed by atoms with Crippen molar-refractivity contribution in [2.45, 2.75) is 88.2 Å². The van der Waals surface area contributed by atoms with E-state index in [1.807, 2.05) is 91.0 Å². The van der Waals surface area contributed by atoms with Crippen LogP contribution in [0, 0.1) is 0 Å². The summed E-state index contributed by atoms with van der Waals surface area (Å²) in [6.45, 7) is 1.84. The maximum Gasteiger partial charge on any atom is 0.337 e. The van der Waals surface area contributed by atoms with Crippen LogP contribution in [0.25, 0.3) is 0 Å². The molecule has 0 aliphatic carbocycles. The van der Waals surface area contributed by atoms with Crippen LogP contribution in [0.4, 0.5) is 0 Å². The predicted molar refractivity (Wildman–Crippen MR) is 180 cm³/mol. The van der Waals surface area contributed by atoms with E-state index in [0.29, 0.717) is 0 Å². The van der Waals surface area contributed by atoms with Crippen LogP contribution in [0.5, 0.6) is 0 Å². The van der Waals surface area contributed by atoms with Gasteiger partial charge in [0.15, 0.2) is 24.8 Å². The molecule has 5 rings (SSSR count). The molecule has 2 heterocycles. The molecule has 0 spiro atoms. The highest BCUT2D eigenvalue weighted by Crippen LogP contribution is 2.35. The molecule has 1 N–H and O–H groups in total. The van der Waals surface area contributed by atoms with Gasteiger partial charge in [0.25, 0.3) is 0 Å². The molecule has 0 saturated carbocycles. The first kappa shape index (κ1) is 38.5. The minimum absolute atomic E-state index is 0.0116. The van der Waals surface area contributed by atoms with Crippen LogP contribution in [0.3, 0.4) is 0 Å². The SMILES string of the molecule is COC(=O)[C@@H]1O[C@@H](O[C@H]2[C@H](OCc3ccccc3)[C@@H](OCc3ccccc3)[C@@H](OC)O[C@@H]2COCc2ccccc2)[C@H](OC(C)=O)[C@@H](OC)[C@@H]1O. The lowest BCUT2D eigenvalue weighted by molar-refractivity contribution is -0.364. The molecule has 276 valence electrons.